The van der Waals surface area contributed by atoms with Crippen molar-refractivity contribution in [1.82, 2.24) is 0 Å². The summed E-state index contributed by atoms with van der Waals surface area (Å²) in [6.07, 6.45) is 98.3. The molecule has 0 aliphatic heterocycles. The van der Waals surface area contributed by atoms with Gasteiger partial charge in [0.25, 0.3) is 0 Å². The number of unbranched alkanes of at least 4 members (excludes halogenated alkanes) is 48. The largest absolute Gasteiger partial charge is 0.388 e. The van der Waals surface area contributed by atoms with Gasteiger partial charge in [-0.05, 0) is 76.5 Å². The van der Waals surface area contributed by atoms with Crippen molar-refractivity contribution in [1.29, 1.82) is 0 Å². The molecule has 93 heavy (non-hydrogen) atoms. The van der Waals surface area contributed by atoms with Crippen LogP contribution in [0, 0.1) is 5.92 Å². The van der Waals surface area contributed by atoms with Gasteiger partial charge < -0.3 is 8.85 Å². The highest BCUT2D eigenvalue weighted by atomic mass is 28.4. The van der Waals surface area contributed by atoms with Crippen LogP contribution < -0.4 is 0 Å². The summed E-state index contributed by atoms with van der Waals surface area (Å²) in [7, 11) is -3.56. The summed E-state index contributed by atoms with van der Waals surface area (Å²) in [5.74, 6) is 0.593. The average Bonchev–Trinajstić information content (AvgIpc) is 0.701. The van der Waals surface area contributed by atoms with Crippen LogP contribution in [0.2, 0.25) is 10.1 Å². The number of hydrogen-bond donors (Lipinski definition) is 0. The van der Waals surface area contributed by atoms with Crippen LogP contribution in [0.1, 0.15) is 552 Å². The normalized spacial score (nSPS) is 13.1. The minimum Gasteiger partial charge on any atom is -0.388 e. The van der Waals surface area contributed by atoms with E-state index in [0.29, 0.717) is 5.92 Å². The number of rotatable bonds is 79. The number of hydrogen-bond acceptors (Lipinski definition) is 2. The molecular formula is C90H184O2Si. The van der Waals surface area contributed by atoms with Crippen LogP contribution in [-0.2, 0) is 8.85 Å². The molecule has 0 fully saturated rings. The maximum absolute atomic E-state index is 10.2. The summed E-state index contributed by atoms with van der Waals surface area (Å²) in [5.41, 5.74) is -0.277. The first-order chi connectivity index (χ1) is 45.6. The maximum atomic E-state index is 10.2. The van der Waals surface area contributed by atoms with E-state index in [1.54, 1.807) is 0 Å². The lowest BCUT2D eigenvalue weighted by atomic mass is 9.80. The predicted molar refractivity (Wildman–Crippen MR) is 428 cm³/mol. The highest BCUT2D eigenvalue weighted by Crippen LogP contribution is 2.70. The predicted octanol–water partition coefficient (Wildman–Crippen LogP) is 34.4. The van der Waals surface area contributed by atoms with E-state index in [0.717, 1.165) is 0 Å². The third-order valence-corrected chi connectivity index (χ3v) is 29.8. The van der Waals surface area contributed by atoms with Gasteiger partial charge in [0.05, 0.1) is 11.2 Å². The van der Waals surface area contributed by atoms with E-state index in [1.807, 2.05) is 0 Å². The van der Waals surface area contributed by atoms with E-state index < -0.39 is 8.56 Å². The molecule has 0 N–H and O–H groups in total. The second kappa shape index (κ2) is 66.7. The lowest BCUT2D eigenvalue weighted by Gasteiger charge is -2.65. The standard InChI is InChI=1S/C90H184O2Si/c1-14-26-38-50-62-74-86(13)90(84-72-60-48-36-24-11,85-73-61-49-37-25-12)93(89(81-69-57-45-33-21-8,82-70-58-46-34-22-9)83-71-59-47-35-23-10,91-87(75-63-51-39-27-15-2,76-64-52-40-28-16-3)77-65-53-41-29-17-4)92-88(78-66-54-42-30-18-5,79-67-55-43-31-19-6)80-68-56-44-32-20-7/h86H,14-85H2,1-13H3. The SMILES string of the molecule is CCCCCCCC(C)C(CCCCCCC)(CCCCCCC)[Si](OC(CCCCCCC)(CCCCCCC)CCCCCCC)(OC(CCCCCCC)(CCCCCCC)CCCCCCC)C(CCCCCCC)(CCCCCCC)CCCCCCC. The van der Waals surface area contributed by atoms with Crippen molar-refractivity contribution in [2.45, 2.75) is 574 Å². The van der Waals surface area contributed by atoms with Crippen LogP contribution in [0.4, 0.5) is 0 Å². The average molecular weight is 1330 g/mol. The van der Waals surface area contributed by atoms with Gasteiger partial charge in [-0.15, -0.1) is 0 Å². The summed E-state index contributed by atoms with van der Waals surface area (Å²) in [6.45, 7) is 32.4. The van der Waals surface area contributed by atoms with E-state index >= 15 is 0 Å². The second-order valence-corrected chi connectivity index (χ2v) is 36.2. The molecule has 0 amide bonds. The summed E-state index contributed by atoms with van der Waals surface area (Å²) in [5, 5.41) is 0.110. The highest BCUT2D eigenvalue weighted by Gasteiger charge is 2.72. The maximum Gasteiger partial charge on any atom is 0.352 e. The van der Waals surface area contributed by atoms with Crippen LogP contribution in [-0.4, -0.2) is 19.8 Å². The quantitative estimate of drug-likeness (QED) is 0.0446. The molecule has 0 aliphatic rings. The Balaban J connectivity index is 10.9. The van der Waals surface area contributed by atoms with E-state index in [9.17, 15) is 8.85 Å². The van der Waals surface area contributed by atoms with E-state index in [4.69, 9.17) is 0 Å². The first-order valence-corrected chi connectivity index (χ1v) is 46.8. The Labute approximate surface area is 593 Å². The molecule has 0 saturated carbocycles. The summed E-state index contributed by atoms with van der Waals surface area (Å²) in [6, 6.07) is 0. The molecule has 0 heterocycles. The van der Waals surface area contributed by atoms with Crippen molar-refractivity contribution in [3.05, 3.63) is 0 Å². The van der Waals surface area contributed by atoms with E-state index in [2.05, 4.69) is 90.0 Å². The van der Waals surface area contributed by atoms with Gasteiger partial charge in [-0.2, -0.15) is 0 Å². The van der Waals surface area contributed by atoms with Crippen molar-refractivity contribution in [2.75, 3.05) is 0 Å². The third kappa shape index (κ3) is 43.5. The summed E-state index contributed by atoms with van der Waals surface area (Å²) < 4.78 is 20.5. The van der Waals surface area contributed by atoms with Crippen LogP contribution in [0.3, 0.4) is 0 Å². The molecule has 0 saturated heterocycles. The Kier molecular flexibility index (Phi) is 66.8. The van der Waals surface area contributed by atoms with E-state index in [-0.39, 0.29) is 21.3 Å². The molecule has 1 atom stereocenters. The van der Waals surface area contributed by atoms with E-state index in [1.165, 1.54) is 462 Å². The zero-order chi connectivity index (χ0) is 68.4. The Morgan fingerprint density at radius 1 is 0.194 bits per heavy atom. The molecule has 0 bridgehead atoms. The van der Waals surface area contributed by atoms with Crippen molar-refractivity contribution in [3.8, 4) is 0 Å². The van der Waals surface area contributed by atoms with Gasteiger partial charge in [-0.1, -0.05) is 482 Å². The zero-order valence-electron chi connectivity index (χ0n) is 67.8. The van der Waals surface area contributed by atoms with Crippen LogP contribution in [0.25, 0.3) is 0 Å². The Morgan fingerprint density at radius 2 is 0.355 bits per heavy atom. The topological polar surface area (TPSA) is 18.5 Å². The van der Waals surface area contributed by atoms with Gasteiger partial charge in [0.2, 0.25) is 0 Å². The molecule has 0 aromatic heterocycles. The molecule has 3 heteroatoms. The van der Waals surface area contributed by atoms with Crippen LogP contribution in [0.15, 0.2) is 0 Å². The minimum atomic E-state index is -3.56. The Hall–Kier alpha value is 0.137. The molecule has 560 valence electrons. The Bertz CT molecular complexity index is 1280. The van der Waals surface area contributed by atoms with Gasteiger partial charge in [0, 0.05) is 10.1 Å². The smallest absolute Gasteiger partial charge is 0.352 e. The van der Waals surface area contributed by atoms with Crippen molar-refractivity contribution in [3.63, 3.8) is 0 Å². The first-order valence-electron chi connectivity index (χ1n) is 45.0. The molecule has 0 aromatic rings. The van der Waals surface area contributed by atoms with Crippen LogP contribution in [0.5, 0.6) is 0 Å². The van der Waals surface area contributed by atoms with Crippen molar-refractivity contribution >= 4 is 8.56 Å². The molecule has 1 unspecified atom stereocenters. The molecular weight excluding hydrogens is 1140 g/mol. The molecule has 0 spiro atoms. The fourth-order valence-electron chi connectivity index (χ4n) is 17.7. The van der Waals surface area contributed by atoms with Gasteiger partial charge in [0.15, 0.2) is 0 Å². The molecule has 0 radical (unpaired) electrons. The van der Waals surface area contributed by atoms with Crippen molar-refractivity contribution < 1.29 is 8.85 Å². The van der Waals surface area contributed by atoms with Gasteiger partial charge in [-0.25, -0.2) is 0 Å². The lowest BCUT2D eigenvalue weighted by Crippen LogP contribution is -2.70. The fourth-order valence-corrected chi connectivity index (χ4v) is 24.8. The molecule has 0 rings (SSSR count). The van der Waals surface area contributed by atoms with Gasteiger partial charge >= 0.3 is 8.56 Å². The monoisotopic (exact) mass is 1330 g/mol. The third-order valence-electron chi connectivity index (χ3n) is 23.9. The Morgan fingerprint density at radius 3 is 0.548 bits per heavy atom. The van der Waals surface area contributed by atoms with Crippen LogP contribution >= 0.6 is 0 Å². The minimum absolute atomic E-state index is 0.0439. The molecule has 0 aliphatic carbocycles. The zero-order valence-corrected chi connectivity index (χ0v) is 68.8. The molecule has 2 nitrogen and oxygen atoms in total. The lowest BCUT2D eigenvalue weighted by molar-refractivity contribution is -0.0883. The first kappa shape index (κ1) is 93.1. The summed E-state index contributed by atoms with van der Waals surface area (Å²) in [4.78, 5) is 0. The fraction of sp³-hybridized carbons (Fsp3) is 1.00. The molecule has 0 aromatic carbocycles. The van der Waals surface area contributed by atoms with Gasteiger partial charge in [0.1, 0.15) is 0 Å². The van der Waals surface area contributed by atoms with Crippen molar-refractivity contribution in [2.24, 2.45) is 5.92 Å². The highest BCUT2D eigenvalue weighted by molar-refractivity contribution is 6.74. The summed E-state index contributed by atoms with van der Waals surface area (Å²) >= 11 is 0. The second-order valence-electron chi connectivity index (χ2n) is 32.5. The van der Waals surface area contributed by atoms with Gasteiger partial charge in [-0.3, -0.25) is 0 Å².